The normalized spacial score (nSPS) is 13.3. The Kier molecular flexibility index (Phi) is 10.3. The number of methoxy groups -OCH3 is 1. The summed E-state index contributed by atoms with van der Waals surface area (Å²) < 4.78 is 12.6. The van der Waals surface area contributed by atoms with E-state index in [9.17, 15) is 14.4 Å². The molecule has 0 saturated heterocycles. The molecule has 0 unspecified atom stereocenters. The third-order valence-corrected chi connectivity index (χ3v) is 6.07. The van der Waals surface area contributed by atoms with Gasteiger partial charge >= 0.3 is 0 Å². The summed E-state index contributed by atoms with van der Waals surface area (Å²) in [5.74, 6) is -0.342. The predicted octanol–water partition coefficient (Wildman–Crippen LogP) is 3.68. The monoisotopic (exact) mass is 495 g/mol. The molecule has 0 spiro atoms. The number of carbonyl (C=O) groups excluding carboxylic acids is 2. The first kappa shape index (κ1) is 27.2. The molecule has 0 bridgehead atoms. The Bertz CT molecular complexity index is 1140. The van der Waals surface area contributed by atoms with E-state index in [1.165, 1.54) is 30.8 Å². The Morgan fingerprint density at radius 1 is 1.03 bits per heavy atom. The lowest BCUT2D eigenvalue weighted by Gasteiger charge is -2.15. The molecule has 0 atom stereocenters. The molecule has 3 rings (SSSR count). The molecule has 36 heavy (non-hydrogen) atoms. The van der Waals surface area contributed by atoms with Gasteiger partial charge in [-0.15, -0.1) is 0 Å². The lowest BCUT2D eigenvalue weighted by molar-refractivity contribution is 0.0746. The van der Waals surface area contributed by atoms with Crippen LogP contribution < -0.4 is 20.8 Å². The average molecular weight is 496 g/mol. The van der Waals surface area contributed by atoms with Gasteiger partial charge in [0.05, 0.1) is 26.4 Å². The van der Waals surface area contributed by atoms with Crippen molar-refractivity contribution in [1.82, 2.24) is 15.2 Å². The molecule has 1 aliphatic carbocycles. The minimum atomic E-state index is -0.595. The second kappa shape index (κ2) is 13.6. The topological polar surface area (TPSA) is 98.7 Å². The van der Waals surface area contributed by atoms with Gasteiger partial charge in [-0.1, -0.05) is 29.8 Å². The summed E-state index contributed by atoms with van der Waals surface area (Å²) in [4.78, 5) is 39.1. The predicted molar refractivity (Wildman–Crippen MR) is 140 cm³/mol. The maximum atomic E-state index is 13.2. The highest BCUT2D eigenvalue weighted by Gasteiger charge is 2.20. The van der Waals surface area contributed by atoms with E-state index < -0.39 is 17.2 Å². The number of hydrogen-bond donors (Lipinski definition) is 2. The molecule has 1 aromatic heterocycles. The lowest BCUT2D eigenvalue weighted by Crippen LogP contribution is -2.37. The van der Waals surface area contributed by atoms with Crippen LogP contribution in [0.25, 0.3) is 0 Å². The van der Waals surface area contributed by atoms with Crippen molar-refractivity contribution in [3.8, 4) is 5.75 Å². The van der Waals surface area contributed by atoms with Crippen LogP contribution in [-0.2, 0) is 11.3 Å². The second-order valence-corrected chi connectivity index (χ2v) is 9.19. The molecule has 0 radical (unpaired) electrons. The maximum absolute atomic E-state index is 13.2. The van der Waals surface area contributed by atoms with Crippen molar-refractivity contribution in [2.45, 2.75) is 58.6 Å². The fraction of sp³-hybridized carbons (Fsp3) is 0.464. The number of nitrogens with zero attached hydrogens (tertiary/aromatic N) is 1. The molecule has 2 amide bonds. The molecule has 8 nitrogen and oxygen atoms in total. The number of aromatic nitrogens is 1. The van der Waals surface area contributed by atoms with Gasteiger partial charge in [0.2, 0.25) is 5.43 Å². The van der Waals surface area contributed by atoms with Gasteiger partial charge in [-0.25, -0.2) is 0 Å². The van der Waals surface area contributed by atoms with Crippen LogP contribution in [0, 0.1) is 0 Å². The van der Waals surface area contributed by atoms with Gasteiger partial charge in [-0.3, -0.25) is 14.4 Å². The highest BCUT2D eigenvalue weighted by atomic mass is 16.5. The van der Waals surface area contributed by atoms with E-state index in [0.29, 0.717) is 25.4 Å². The van der Waals surface area contributed by atoms with Crippen LogP contribution in [0.5, 0.6) is 5.75 Å². The third kappa shape index (κ3) is 7.81. The summed E-state index contributed by atoms with van der Waals surface area (Å²) in [6.07, 6.45) is 10.5. The molecule has 8 heteroatoms. The smallest absolute Gasteiger partial charge is 0.256 e. The minimum absolute atomic E-state index is 0.0383. The number of hydrogen-bond acceptors (Lipinski definition) is 5. The minimum Gasteiger partial charge on any atom is -0.496 e. The van der Waals surface area contributed by atoms with Crippen molar-refractivity contribution in [2.24, 2.45) is 0 Å². The fourth-order valence-corrected chi connectivity index (χ4v) is 4.19. The lowest BCUT2D eigenvalue weighted by atomic mass is 9.97. The molecule has 2 N–H and O–H groups in total. The SMILES string of the molecule is COc1ccccc1Cn1cc(C(=O)NCCOC(C)C)c(=O)c(C(=O)NCCC2=CCCCC2)c1. The number of amides is 2. The summed E-state index contributed by atoms with van der Waals surface area (Å²) in [5.41, 5.74) is 1.46. The summed E-state index contributed by atoms with van der Waals surface area (Å²) >= 11 is 0. The fourth-order valence-electron chi connectivity index (χ4n) is 4.19. The van der Waals surface area contributed by atoms with Gasteiger partial charge in [0.15, 0.2) is 0 Å². The maximum Gasteiger partial charge on any atom is 0.256 e. The van der Waals surface area contributed by atoms with Crippen LogP contribution >= 0.6 is 0 Å². The van der Waals surface area contributed by atoms with Crippen LogP contribution in [0.1, 0.15) is 72.2 Å². The Hall–Kier alpha value is -3.39. The number of benzene rings is 1. The Labute approximate surface area is 212 Å². The molecule has 0 aliphatic heterocycles. The van der Waals surface area contributed by atoms with Crippen molar-refractivity contribution >= 4 is 11.8 Å². The molecule has 1 heterocycles. The number of allylic oxidation sites excluding steroid dienone is 1. The van der Waals surface area contributed by atoms with E-state index in [1.54, 1.807) is 11.7 Å². The van der Waals surface area contributed by atoms with Gasteiger partial charge in [0.1, 0.15) is 16.9 Å². The van der Waals surface area contributed by atoms with Gasteiger partial charge < -0.3 is 24.7 Å². The zero-order valence-electron chi connectivity index (χ0n) is 21.5. The molecule has 0 fully saturated rings. The number of rotatable bonds is 12. The second-order valence-electron chi connectivity index (χ2n) is 9.19. The standard InChI is InChI=1S/C28H37N3O5/c1-20(2)36-16-15-30-28(34)24-19-31(17-22-11-7-8-12-25(22)35-3)18-23(26(24)32)27(33)29-14-13-21-9-5-4-6-10-21/h7-9,11-12,18-20H,4-6,10,13-17H2,1-3H3,(H,29,33)(H,30,34). The molecule has 0 saturated carbocycles. The molecule has 2 aromatic rings. The first-order valence-corrected chi connectivity index (χ1v) is 12.6. The first-order valence-electron chi connectivity index (χ1n) is 12.6. The van der Waals surface area contributed by atoms with E-state index in [2.05, 4.69) is 16.7 Å². The van der Waals surface area contributed by atoms with Crippen molar-refractivity contribution in [3.63, 3.8) is 0 Å². The zero-order chi connectivity index (χ0) is 25.9. The zero-order valence-corrected chi connectivity index (χ0v) is 21.5. The average Bonchev–Trinajstić information content (AvgIpc) is 2.88. The van der Waals surface area contributed by atoms with E-state index in [4.69, 9.17) is 9.47 Å². The first-order chi connectivity index (χ1) is 17.4. The number of carbonyl (C=O) groups is 2. The number of ether oxygens (including phenoxy) is 2. The highest BCUT2D eigenvalue weighted by Crippen LogP contribution is 2.20. The Morgan fingerprint density at radius 2 is 1.72 bits per heavy atom. The van der Waals surface area contributed by atoms with Gasteiger partial charge in [-0.2, -0.15) is 0 Å². The van der Waals surface area contributed by atoms with Gasteiger partial charge in [-0.05, 0) is 52.0 Å². The Morgan fingerprint density at radius 3 is 2.36 bits per heavy atom. The summed E-state index contributed by atoms with van der Waals surface area (Å²) in [6.45, 7) is 5.17. The van der Waals surface area contributed by atoms with Crippen LogP contribution in [-0.4, -0.2) is 49.3 Å². The molecule has 1 aromatic carbocycles. The van der Waals surface area contributed by atoms with Crippen molar-refractivity contribution in [1.29, 1.82) is 0 Å². The van der Waals surface area contributed by atoms with Crippen LogP contribution in [0.3, 0.4) is 0 Å². The highest BCUT2D eigenvalue weighted by molar-refractivity contribution is 5.99. The molecule has 1 aliphatic rings. The number of nitrogens with one attached hydrogen (secondary N) is 2. The van der Waals surface area contributed by atoms with E-state index in [-0.39, 0.29) is 23.8 Å². The number of pyridine rings is 1. The Balaban J connectivity index is 1.82. The van der Waals surface area contributed by atoms with E-state index in [0.717, 1.165) is 24.8 Å². The van der Waals surface area contributed by atoms with Gasteiger partial charge in [0, 0.05) is 31.0 Å². The van der Waals surface area contributed by atoms with Crippen molar-refractivity contribution in [3.05, 3.63) is 75.2 Å². The van der Waals surface area contributed by atoms with Crippen LogP contribution in [0.4, 0.5) is 0 Å². The molecular formula is C28H37N3O5. The van der Waals surface area contributed by atoms with E-state index >= 15 is 0 Å². The van der Waals surface area contributed by atoms with Gasteiger partial charge in [0.25, 0.3) is 11.8 Å². The van der Waals surface area contributed by atoms with Crippen molar-refractivity contribution < 1.29 is 19.1 Å². The van der Waals surface area contributed by atoms with E-state index in [1.807, 2.05) is 38.1 Å². The molecule has 194 valence electrons. The quantitative estimate of drug-likeness (QED) is 0.346. The summed E-state index contributed by atoms with van der Waals surface area (Å²) in [6, 6.07) is 7.49. The van der Waals surface area contributed by atoms with Crippen molar-refractivity contribution in [2.75, 3.05) is 26.8 Å². The molecular weight excluding hydrogens is 458 g/mol. The van der Waals surface area contributed by atoms with Crippen LogP contribution in [0.2, 0.25) is 0 Å². The van der Waals surface area contributed by atoms with Crippen LogP contribution in [0.15, 0.2) is 53.1 Å². The number of para-hydroxylation sites is 1. The summed E-state index contributed by atoms with van der Waals surface area (Å²) in [7, 11) is 1.59. The largest absolute Gasteiger partial charge is 0.496 e. The summed E-state index contributed by atoms with van der Waals surface area (Å²) in [5, 5.41) is 5.58. The third-order valence-electron chi connectivity index (χ3n) is 6.07.